The summed E-state index contributed by atoms with van der Waals surface area (Å²) in [5.41, 5.74) is 1.05. The number of methoxy groups -OCH3 is 1. The number of nitrogens with one attached hydrogen (secondary N) is 1. The average molecular weight is 593 g/mol. The summed E-state index contributed by atoms with van der Waals surface area (Å²) < 4.78 is 21.7. The van der Waals surface area contributed by atoms with Gasteiger partial charge in [0.1, 0.15) is 12.3 Å². The third-order valence-corrected chi connectivity index (χ3v) is 6.44. The third kappa shape index (κ3) is 7.49. The molecule has 1 N–H and O–H groups in total. The van der Waals surface area contributed by atoms with E-state index in [4.69, 9.17) is 18.9 Å². The number of halogens is 1. The maximum atomic E-state index is 12.9. The van der Waals surface area contributed by atoms with Crippen LogP contribution >= 0.6 is 27.7 Å². The van der Waals surface area contributed by atoms with E-state index in [1.807, 2.05) is 0 Å². The van der Waals surface area contributed by atoms with Crippen LogP contribution < -0.4 is 19.5 Å². The Kier molecular flexibility index (Phi) is 9.98. The summed E-state index contributed by atoms with van der Waals surface area (Å²) in [4.78, 5) is 50.5. The van der Waals surface area contributed by atoms with Crippen molar-refractivity contribution in [2.75, 3.05) is 38.8 Å². The highest BCUT2D eigenvalue weighted by molar-refractivity contribution is 9.10. The lowest BCUT2D eigenvalue weighted by atomic mass is 10.1. The molecule has 2 aromatic rings. The summed E-state index contributed by atoms with van der Waals surface area (Å²) in [6.45, 7) is 3.33. The molecule has 3 amide bonds. The van der Waals surface area contributed by atoms with Crippen LogP contribution in [-0.4, -0.2) is 61.4 Å². The number of hydrogen-bond acceptors (Lipinski definition) is 9. The van der Waals surface area contributed by atoms with E-state index in [9.17, 15) is 19.2 Å². The molecule has 196 valence electrons. The minimum absolute atomic E-state index is 0.144. The summed E-state index contributed by atoms with van der Waals surface area (Å²) in [5.74, 6) is -0.341. The monoisotopic (exact) mass is 592 g/mol. The van der Waals surface area contributed by atoms with Crippen LogP contribution in [0.5, 0.6) is 17.2 Å². The van der Waals surface area contributed by atoms with Crippen molar-refractivity contribution in [3.8, 4) is 17.2 Å². The smallest absolute Gasteiger partial charge is 0.344 e. The minimum atomic E-state index is -0.590. The number of thioether (sulfide) groups is 1. The van der Waals surface area contributed by atoms with E-state index in [-0.39, 0.29) is 18.1 Å². The Morgan fingerprint density at radius 3 is 2.41 bits per heavy atom. The first-order valence-electron chi connectivity index (χ1n) is 11.2. The molecular weight excluding hydrogens is 568 g/mol. The molecule has 12 heteroatoms. The van der Waals surface area contributed by atoms with Gasteiger partial charge in [0.2, 0.25) is 5.91 Å². The van der Waals surface area contributed by atoms with Gasteiger partial charge in [-0.1, -0.05) is 15.9 Å². The number of imide groups is 1. The molecule has 3 rings (SSSR count). The van der Waals surface area contributed by atoms with Crippen LogP contribution in [0.3, 0.4) is 0 Å². The van der Waals surface area contributed by atoms with Crippen molar-refractivity contribution in [3.63, 3.8) is 0 Å². The molecule has 0 unspecified atom stereocenters. The predicted molar refractivity (Wildman–Crippen MR) is 142 cm³/mol. The normalized spacial score (nSPS) is 14.1. The Balaban J connectivity index is 1.73. The summed E-state index contributed by atoms with van der Waals surface area (Å²) in [5, 5.41) is 2.09. The van der Waals surface area contributed by atoms with Gasteiger partial charge in [-0.3, -0.25) is 19.3 Å². The second-order valence-corrected chi connectivity index (χ2v) is 9.24. The van der Waals surface area contributed by atoms with Crippen molar-refractivity contribution in [1.82, 2.24) is 4.90 Å². The Labute approximate surface area is 226 Å². The first kappa shape index (κ1) is 28.1. The molecule has 0 atom stereocenters. The van der Waals surface area contributed by atoms with E-state index in [0.717, 1.165) is 16.7 Å². The number of rotatable bonds is 11. The fourth-order valence-electron chi connectivity index (χ4n) is 3.18. The molecule has 0 bridgehead atoms. The number of nitrogens with zero attached hydrogens (tertiary/aromatic N) is 1. The predicted octanol–water partition coefficient (Wildman–Crippen LogP) is 4.47. The maximum absolute atomic E-state index is 12.9. The fraction of sp³-hybridized carbons (Fsp3) is 0.280. The Morgan fingerprint density at radius 2 is 1.76 bits per heavy atom. The van der Waals surface area contributed by atoms with E-state index in [0.29, 0.717) is 39.6 Å². The van der Waals surface area contributed by atoms with E-state index < -0.39 is 29.6 Å². The number of anilines is 1. The second kappa shape index (κ2) is 13.2. The van der Waals surface area contributed by atoms with Gasteiger partial charge in [0.05, 0.1) is 25.2 Å². The van der Waals surface area contributed by atoms with Crippen LogP contribution in [0.25, 0.3) is 6.08 Å². The molecule has 0 spiro atoms. The molecule has 0 saturated carbocycles. The first-order valence-corrected chi connectivity index (χ1v) is 12.8. The molecule has 0 aliphatic carbocycles. The van der Waals surface area contributed by atoms with Crippen LogP contribution in [0.2, 0.25) is 0 Å². The molecule has 10 nitrogen and oxygen atoms in total. The summed E-state index contributed by atoms with van der Waals surface area (Å²) in [6, 6.07) is 9.89. The molecule has 1 aliphatic rings. The fourth-order valence-corrected chi connectivity index (χ4v) is 4.44. The number of carbonyl (C=O) groups excluding carboxylic acids is 4. The Bertz CT molecular complexity index is 1220. The van der Waals surface area contributed by atoms with E-state index >= 15 is 0 Å². The van der Waals surface area contributed by atoms with Gasteiger partial charge in [-0.2, -0.15) is 0 Å². The molecule has 1 fully saturated rings. The van der Waals surface area contributed by atoms with Gasteiger partial charge >= 0.3 is 5.97 Å². The highest BCUT2D eigenvalue weighted by Gasteiger charge is 2.36. The zero-order valence-corrected chi connectivity index (χ0v) is 22.8. The van der Waals surface area contributed by atoms with E-state index in [1.165, 1.54) is 13.2 Å². The van der Waals surface area contributed by atoms with Crippen molar-refractivity contribution in [1.29, 1.82) is 0 Å². The summed E-state index contributed by atoms with van der Waals surface area (Å²) in [6.07, 6.45) is 1.52. The topological polar surface area (TPSA) is 120 Å². The summed E-state index contributed by atoms with van der Waals surface area (Å²) in [7, 11) is 1.53. The standard InChI is InChI=1S/C25H25BrN2O8S/c1-4-34-19-10-15(18(26)12-20(19)36-14-23(30)35-5-2)11-21-24(31)28(25(32)37-21)13-22(29)27-16-6-8-17(33-3)9-7-16/h6-12H,4-5,13-14H2,1-3H3,(H,27,29)/b21-11+. The van der Waals surface area contributed by atoms with Gasteiger partial charge in [0, 0.05) is 10.2 Å². The van der Waals surface area contributed by atoms with Crippen molar-refractivity contribution in [2.24, 2.45) is 0 Å². The van der Waals surface area contributed by atoms with Crippen LogP contribution in [-0.2, 0) is 19.1 Å². The van der Waals surface area contributed by atoms with E-state index in [1.54, 1.807) is 50.2 Å². The van der Waals surface area contributed by atoms with Crippen LogP contribution in [0.15, 0.2) is 45.8 Å². The number of benzene rings is 2. The highest BCUT2D eigenvalue weighted by atomic mass is 79.9. The lowest BCUT2D eigenvalue weighted by Crippen LogP contribution is -2.36. The zero-order chi connectivity index (χ0) is 26.9. The second-order valence-electron chi connectivity index (χ2n) is 7.39. The van der Waals surface area contributed by atoms with Crippen LogP contribution in [0.1, 0.15) is 19.4 Å². The third-order valence-electron chi connectivity index (χ3n) is 4.85. The van der Waals surface area contributed by atoms with Gasteiger partial charge in [-0.15, -0.1) is 0 Å². The lowest BCUT2D eigenvalue weighted by molar-refractivity contribution is -0.145. The van der Waals surface area contributed by atoms with Gasteiger partial charge in [-0.05, 0) is 73.6 Å². The van der Waals surface area contributed by atoms with Crippen molar-refractivity contribution >= 4 is 62.5 Å². The first-order chi connectivity index (χ1) is 17.7. The highest BCUT2D eigenvalue weighted by Crippen LogP contribution is 2.38. The van der Waals surface area contributed by atoms with Crippen molar-refractivity contribution in [3.05, 3.63) is 51.3 Å². The van der Waals surface area contributed by atoms with Crippen LogP contribution in [0.4, 0.5) is 10.5 Å². The van der Waals surface area contributed by atoms with Crippen molar-refractivity contribution in [2.45, 2.75) is 13.8 Å². The van der Waals surface area contributed by atoms with Gasteiger partial charge < -0.3 is 24.3 Å². The molecule has 0 aromatic heterocycles. The van der Waals surface area contributed by atoms with Gasteiger partial charge in [0.15, 0.2) is 18.1 Å². The average Bonchev–Trinajstić information content (AvgIpc) is 3.13. The molecule has 1 aliphatic heterocycles. The SMILES string of the molecule is CCOC(=O)COc1cc(Br)c(/C=C2/SC(=O)N(CC(=O)Nc3ccc(OC)cc3)C2=O)cc1OCC. The molecule has 1 heterocycles. The van der Waals surface area contributed by atoms with Gasteiger partial charge in [-0.25, -0.2) is 4.79 Å². The largest absolute Gasteiger partial charge is 0.497 e. The number of hydrogen-bond donors (Lipinski definition) is 1. The minimum Gasteiger partial charge on any atom is -0.497 e. The number of esters is 1. The molecule has 37 heavy (non-hydrogen) atoms. The number of ether oxygens (including phenoxy) is 4. The zero-order valence-electron chi connectivity index (χ0n) is 20.4. The van der Waals surface area contributed by atoms with Gasteiger partial charge in [0.25, 0.3) is 11.1 Å². The van der Waals surface area contributed by atoms with E-state index in [2.05, 4.69) is 21.2 Å². The maximum Gasteiger partial charge on any atom is 0.344 e. The quantitative estimate of drug-likeness (QED) is 0.297. The Morgan fingerprint density at radius 1 is 1.05 bits per heavy atom. The number of carbonyl (C=O) groups is 4. The molecule has 0 radical (unpaired) electrons. The molecular formula is C25H25BrN2O8S. The lowest BCUT2D eigenvalue weighted by Gasteiger charge is -2.14. The Hall–Kier alpha value is -3.51. The number of amides is 3. The summed E-state index contributed by atoms with van der Waals surface area (Å²) >= 11 is 4.16. The molecule has 1 saturated heterocycles. The van der Waals surface area contributed by atoms with Crippen molar-refractivity contribution < 1.29 is 38.1 Å². The van der Waals surface area contributed by atoms with Crippen LogP contribution in [0, 0.1) is 0 Å². The molecule has 2 aromatic carbocycles.